The van der Waals surface area contributed by atoms with Gasteiger partial charge in [0, 0.05) is 11.8 Å². The highest BCUT2D eigenvalue weighted by Crippen LogP contribution is 2.39. The van der Waals surface area contributed by atoms with Crippen LogP contribution >= 0.6 is 11.3 Å². The van der Waals surface area contributed by atoms with Crippen molar-refractivity contribution in [3.8, 4) is 17.2 Å². The Morgan fingerprint density at radius 2 is 1.86 bits per heavy atom. The topological polar surface area (TPSA) is 86.7 Å². The lowest BCUT2D eigenvalue weighted by Gasteiger charge is -2.14. The lowest BCUT2D eigenvalue weighted by atomic mass is 10.0. The fraction of sp³-hybridized carbons (Fsp3) is 0.310. The number of phenolic OH excluding ortho intramolecular Hbond substituents is 1. The second-order valence-corrected chi connectivity index (χ2v) is 9.98. The standard InChI is InChI=1S/C29H30N2O5S/c1-4-5-8-18-12-14-21(32)27-24(18)25-28(37-27)30-23(31(29(25)33)17-20-10-7-16-36-20)15-13-19-9-6-11-22(34-2)26(19)35-3/h6-7,9-12,14,16,32H,4-5,8,13,15,17H2,1-3H3. The van der Waals surface area contributed by atoms with E-state index in [2.05, 4.69) is 6.92 Å². The van der Waals surface area contributed by atoms with E-state index >= 15 is 0 Å². The molecule has 1 N–H and O–H groups in total. The van der Waals surface area contributed by atoms with Crippen molar-refractivity contribution in [2.45, 2.75) is 45.6 Å². The first-order chi connectivity index (χ1) is 18.0. The lowest BCUT2D eigenvalue weighted by molar-refractivity contribution is 0.351. The molecular weight excluding hydrogens is 488 g/mol. The van der Waals surface area contributed by atoms with Crippen molar-refractivity contribution in [2.24, 2.45) is 0 Å². The van der Waals surface area contributed by atoms with Gasteiger partial charge in [-0.1, -0.05) is 31.5 Å². The van der Waals surface area contributed by atoms with E-state index in [9.17, 15) is 9.90 Å². The van der Waals surface area contributed by atoms with Gasteiger partial charge in [-0.15, -0.1) is 11.3 Å². The molecule has 0 bridgehead atoms. The number of phenols is 1. The number of fused-ring (bicyclic) bond motifs is 3. The van der Waals surface area contributed by atoms with Gasteiger partial charge >= 0.3 is 0 Å². The number of methoxy groups -OCH3 is 2. The second kappa shape index (κ2) is 10.7. The van der Waals surface area contributed by atoms with E-state index in [1.807, 2.05) is 36.4 Å². The van der Waals surface area contributed by atoms with Crippen molar-refractivity contribution in [3.63, 3.8) is 0 Å². The van der Waals surface area contributed by atoms with Gasteiger partial charge in [0.2, 0.25) is 0 Å². The Morgan fingerprint density at radius 3 is 2.59 bits per heavy atom. The molecule has 3 heterocycles. The number of ether oxygens (including phenoxy) is 2. The normalized spacial score (nSPS) is 11.4. The largest absolute Gasteiger partial charge is 0.506 e. The zero-order chi connectivity index (χ0) is 25.9. The van der Waals surface area contributed by atoms with Gasteiger partial charge in [-0.2, -0.15) is 0 Å². The van der Waals surface area contributed by atoms with Crippen molar-refractivity contribution in [1.82, 2.24) is 9.55 Å². The number of benzene rings is 2. The zero-order valence-corrected chi connectivity index (χ0v) is 22.1. The van der Waals surface area contributed by atoms with Gasteiger partial charge in [0.05, 0.1) is 37.1 Å². The predicted octanol–water partition coefficient (Wildman–Crippen LogP) is 6.10. The Morgan fingerprint density at radius 1 is 1.00 bits per heavy atom. The molecule has 8 heteroatoms. The Bertz CT molecular complexity index is 1600. The molecule has 37 heavy (non-hydrogen) atoms. The van der Waals surface area contributed by atoms with Crippen LogP contribution in [0.3, 0.4) is 0 Å². The molecule has 0 fully saturated rings. The first kappa shape index (κ1) is 24.9. The molecule has 0 aliphatic heterocycles. The van der Waals surface area contributed by atoms with Gasteiger partial charge in [0.1, 0.15) is 22.2 Å². The highest BCUT2D eigenvalue weighted by atomic mass is 32.1. The van der Waals surface area contributed by atoms with Crippen LogP contribution in [0.4, 0.5) is 0 Å². The summed E-state index contributed by atoms with van der Waals surface area (Å²) in [5.74, 6) is 2.85. The molecule has 3 aromatic heterocycles. The number of hydrogen-bond donors (Lipinski definition) is 1. The van der Waals surface area contributed by atoms with Crippen molar-refractivity contribution in [2.75, 3.05) is 14.2 Å². The van der Waals surface area contributed by atoms with Crippen LogP contribution in [0.25, 0.3) is 20.3 Å². The number of aromatic nitrogens is 2. The highest BCUT2D eigenvalue weighted by Gasteiger charge is 2.21. The molecular formula is C29H30N2O5S. The predicted molar refractivity (Wildman–Crippen MR) is 146 cm³/mol. The second-order valence-electron chi connectivity index (χ2n) is 8.99. The number of thiophene rings is 1. The number of furan rings is 1. The molecule has 0 radical (unpaired) electrons. The Labute approximate surface area is 218 Å². The molecule has 0 unspecified atom stereocenters. The maximum Gasteiger partial charge on any atom is 0.263 e. The summed E-state index contributed by atoms with van der Waals surface area (Å²) in [7, 11) is 3.24. The van der Waals surface area contributed by atoms with Gasteiger partial charge in [0.15, 0.2) is 11.5 Å². The molecule has 2 aromatic carbocycles. The monoisotopic (exact) mass is 518 g/mol. The average molecular weight is 519 g/mol. The zero-order valence-electron chi connectivity index (χ0n) is 21.2. The smallest absolute Gasteiger partial charge is 0.263 e. The summed E-state index contributed by atoms with van der Waals surface area (Å²) in [4.78, 5) is 19.7. The minimum Gasteiger partial charge on any atom is -0.506 e. The fourth-order valence-corrected chi connectivity index (χ4v) is 5.98. The van der Waals surface area contributed by atoms with Crippen molar-refractivity contribution < 1.29 is 19.0 Å². The van der Waals surface area contributed by atoms with Gasteiger partial charge < -0.3 is 19.0 Å². The van der Waals surface area contributed by atoms with Gasteiger partial charge in [-0.05, 0) is 54.7 Å². The van der Waals surface area contributed by atoms with Gasteiger partial charge in [0.25, 0.3) is 5.56 Å². The maximum absolute atomic E-state index is 14.1. The summed E-state index contributed by atoms with van der Waals surface area (Å²) in [5, 5.41) is 12.0. The van der Waals surface area contributed by atoms with Crippen LogP contribution in [0.1, 0.15) is 42.5 Å². The van der Waals surface area contributed by atoms with Crippen molar-refractivity contribution >= 4 is 31.6 Å². The third kappa shape index (κ3) is 4.69. The molecule has 7 nitrogen and oxygen atoms in total. The number of unbranched alkanes of at least 4 members (excludes halogenated alkanes) is 1. The molecule has 0 amide bonds. The summed E-state index contributed by atoms with van der Waals surface area (Å²) >= 11 is 1.37. The molecule has 0 aliphatic carbocycles. The number of para-hydroxylation sites is 1. The van der Waals surface area contributed by atoms with Crippen LogP contribution in [0, 0.1) is 0 Å². The van der Waals surface area contributed by atoms with Crippen LogP contribution < -0.4 is 15.0 Å². The van der Waals surface area contributed by atoms with Crippen LogP contribution in [0.15, 0.2) is 57.9 Å². The van der Waals surface area contributed by atoms with Gasteiger partial charge in [-0.25, -0.2) is 4.98 Å². The number of rotatable bonds is 10. The SMILES string of the molecule is CCCCc1ccc(O)c2sc3nc(CCc4cccc(OC)c4OC)n(Cc4ccco4)c(=O)c3c12. The summed E-state index contributed by atoms with van der Waals surface area (Å²) in [6.07, 6.45) is 5.61. The third-order valence-corrected chi connectivity index (χ3v) is 7.79. The minimum atomic E-state index is -0.122. The Balaban J connectivity index is 1.66. The van der Waals surface area contributed by atoms with E-state index in [-0.39, 0.29) is 17.9 Å². The molecule has 5 rings (SSSR count). The van der Waals surface area contributed by atoms with E-state index in [0.717, 1.165) is 35.8 Å². The minimum absolute atomic E-state index is 0.122. The molecule has 5 aromatic rings. The van der Waals surface area contributed by atoms with E-state index in [1.54, 1.807) is 31.1 Å². The molecule has 192 valence electrons. The van der Waals surface area contributed by atoms with E-state index < -0.39 is 0 Å². The number of aromatic hydroxyl groups is 1. The first-order valence-corrected chi connectivity index (χ1v) is 13.3. The van der Waals surface area contributed by atoms with E-state index in [1.165, 1.54) is 11.3 Å². The Hall–Kier alpha value is -3.78. The number of aryl methyl sites for hydroxylation is 3. The fourth-order valence-electron chi connectivity index (χ4n) is 4.84. The Kier molecular flexibility index (Phi) is 7.19. The summed E-state index contributed by atoms with van der Waals surface area (Å²) in [6.45, 7) is 2.42. The van der Waals surface area contributed by atoms with E-state index in [4.69, 9.17) is 18.9 Å². The average Bonchev–Trinajstić information content (AvgIpc) is 3.57. The maximum atomic E-state index is 14.1. The van der Waals surface area contributed by atoms with Crippen LogP contribution in [-0.4, -0.2) is 28.9 Å². The van der Waals surface area contributed by atoms with Gasteiger partial charge in [-0.3, -0.25) is 9.36 Å². The highest BCUT2D eigenvalue weighted by molar-refractivity contribution is 7.25. The lowest BCUT2D eigenvalue weighted by Crippen LogP contribution is -2.26. The van der Waals surface area contributed by atoms with Crippen LogP contribution in [0.5, 0.6) is 17.2 Å². The summed E-state index contributed by atoms with van der Waals surface area (Å²) < 4.78 is 19.1. The number of nitrogens with zero attached hydrogens (tertiary/aromatic N) is 2. The molecule has 0 saturated heterocycles. The molecule has 0 atom stereocenters. The third-order valence-electron chi connectivity index (χ3n) is 6.68. The summed E-state index contributed by atoms with van der Waals surface area (Å²) in [6, 6.07) is 13.1. The number of hydrogen-bond acceptors (Lipinski definition) is 7. The van der Waals surface area contributed by atoms with E-state index in [0.29, 0.717) is 50.8 Å². The van der Waals surface area contributed by atoms with Crippen molar-refractivity contribution in [3.05, 3.63) is 81.8 Å². The van der Waals surface area contributed by atoms with Crippen molar-refractivity contribution in [1.29, 1.82) is 0 Å². The summed E-state index contributed by atoms with van der Waals surface area (Å²) in [5.41, 5.74) is 1.92. The molecule has 0 saturated carbocycles. The van der Waals surface area contributed by atoms with Crippen LogP contribution in [-0.2, 0) is 25.8 Å². The first-order valence-electron chi connectivity index (χ1n) is 12.4. The molecule has 0 spiro atoms. The molecule has 0 aliphatic rings. The quantitative estimate of drug-likeness (QED) is 0.240. The van der Waals surface area contributed by atoms with Crippen LogP contribution in [0.2, 0.25) is 0 Å².